The first-order chi connectivity index (χ1) is 13.7. The number of fused-ring (bicyclic) bond motifs is 3. The van der Waals surface area contributed by atoms with Gasteiger partial charge >= 0.3 is 0 Å². The van der Waals surface area contributed by atoms with Crippen molar-refractivity contribution in [2.24, 2.45) is 0 Å². The normalized spacial score (nSPS) is 10.9. The summed E-state index contributed by atoms with van der Waals surface area (Å²) in [6.07, 6.45) is 6.29. The Morgan fingerprint density at radius 1 is 0.821 bits per heavy atom. The molecule has 3 heteroatoms. The molecule has 0 atom stereocenters. The summed E-state index contributed by atoms with van der Waals surface area (Å²) in [7, 11) is 0. The van der Waals surface area contributed by atoms with Gasteiger partial charge in [0, 0.05) is 31.3 Å². The Kier molecular flexibility index (Phi) is 7.23. The fourth-order valence-electron chi connectivity index (χ4n) is 3.52. The molecule has 0 aliphatic heterocycles. The molecule has 0 amide bonds. The number of ether oxygens (including phenoxy) is 2. The molecule has 1 heterocycles. The summed E-state index contributed by atoms with van der Waals surface area (Å²) in [5.41, 5.74) is 2.43. The number of unbranched alkanes of at least 4 members (excludes halogenated alkanes) is 4. The van der Waals surface area contributed by atoms with Crippen molar-refractivity contribution in [3.63, 3.8) is 0 Å². The molecule has 0 aliphatic rings. The maximum Gasteiger partial charge on any atom is 0.149 e. The molecular formula is C25H30O2S. The molecule has 0 N–H and O–H groups in total. The topological polar surface area (TPSA) is 18.5 Å². The minimum absolute atomic E-state index is 0.434. The van der Waals surface area contributed by atoms with Crippen LogP contribution < -0.4 is 9.47 Å². The summed E-state index contributed by atoms with van der Waals surface area (Å²) in [5, 5.41) is 2.59. The van der Waals surface area contributed by atoms with Crippen LogP contribution >= 0.6 is 11.3 Å². The summed E-state index contributed by atoms with van der Waals surface area (Å²) in [4.78, 5) is 0. The molecule has 0 radical (unpaired) electrons. The van der Waals surface area contributed by atoms with Crippen molar-refractivity contribution in [1.82, 2.24) is 0 Å². The Balaban J connectivity index is 1.82. The zero-order chi connectivity index (χ0) is 19.9. The predicted molar refractivity (Wildman–Crippen MR) is 122 cm³/mol. The minimum atomic E-state index is 0.434. The molecule has 1 aromatic heterocycles. The fourth-order valence-corrected chi connectivity index (χ4v) is 4.81. The lowest BCUT2D eigenvalue weighted by molar-refractivity contribution is 0.303. The number of hydrogen-bond donors (Lipinski definition) is 0. The van der Waals surface area contributed by atoms with E-state index in [2.05, 4.69) is 56.9 Å². The quantitative estimate of drug-likeness (QED) is 0.278. The summed E-state index contributed by atoms with van der Waals surface area (Å²) in [5.74, 6) is 7.77. The molecule has 0 unspecified atom stereocenters. The Labute approximate surface area is 172 Å². The molecule has 148 valence electrons. The number of rotatable bonds is 9. The average molecular weight is 395 g/mol. The largest absolute Gasteiger partial charge is 0.493 e. The van der Waals surface area contributed by atoms with E-state index in [4.69, 9.17) is 9.47 Å². The van der Waals surface area contributed by atoms with Crippen LogP contribution in [0.2, 0.25) is 0 Å². The number of aryl methyl sites for hydroxylation is 2. The van der Waals surface area contributed by atoms with Crippen molar-refractivity contribution in [3.05, 3.63) is 35.4 Å². The Morgan fingerprint density at radius 2 is 1.43 bits per heavy atom. The van der Waals surface area contributed by atoms with Gasteiger partial charge in [0.15, 0.2) is 0 Å². The van der Waals surface area contributed by atoms with Crippen LogP contribution in [0.5, 0.6) is 11.5 Å². The zero-order valence-electron chi connectivity index (χ0n) is 17.5. The van der Waals surface area contributed by atoms with Gasteiger partial charge in [0.25, 0.3) is 0 Å². The molecule has 3 aromatic rings. The van der Waals surface area contributed by atoms with Gasteiger partial charge in [-0.2, -0.15) is 0 Å². The maximum atomic E-state index is 6.11. The third-order valence-electron chi connectivity index (χ3n) is 5.19. The molecule has 0 saturated heterocycles. The first-order valence-corrected chi connectivity index (χ1v) is 11.1. The van der Waals surface area contributed by atoms with Gasteiger partial charge in [-0.1, -0.05) is 38.5 Å². The highest BCUT2D eigenvalue weighted by molar-refractivity contribution is 7.26. The molecule has 0 saturated carbocycles. The van der Waals surface area contributed by atoms with E-state index in [1.165, 1.54) is 57.0 Å². The summed E-state index contributed by atoms with van der Waals surface area (Å²) in [6, 6.07) is 8.57. The molecule has 28 heavy (non-hydrogen) atoms. The summed E-state index contributed by atoms with van der Waals surface area (Å²) >= 11 is 1.84. The first kappa shape index (κ1) is 20.6. The van der Waals surface area contributed by atoms with Gasteiger partial charge in [-0.25, -0.2) is 0 Å². The van der Waals surface area contributed by atoms with E-state index in [1.807, 2.05) is 18.3 Å². The fraction of sp³-hybridized carbons (Fsp3) is 0.440. The molecule has 0 fully saturated rings. The average Bonchev–Trinajstić information content (AvgIpc) is 3.08. The van der Waals surface area contributed by atoms with Crippen LogP contribution in [0.3, 0.4) is 0 Å². The Morgan fingerprint density at radius 3 is 2.04 bits per heavy atom. The molecule has 2 aromatic carbocycles. The van der Waals surface area contributed by atoms with Crippen LogP contribution in [0.25, 0.3) is 20.2 Å². The second-order valence-corrected chi connectivity index (χ2v) is 8.23. The number of thiophene rings is 1. The smallest absolute Gasteiger partial charge is 0.149 e. The second-order valence-electron chi connectivity index (χ2n) is 7.21. The van der Waals surface area contributed by atoms with Crippen molar-refractivity contribution in [2.45, 2.75) is 59.8 Å². The van der Waals surface area contributed by atoms with Crippen LogP contribution in [0, 0.1) is 25.7 Å². The van der Waals surface area contributed by atoms with Crippen molar-refractivity contribution < 1.29 is 9.47 Å². The summed E-state index contributed by atoms with van der Waals surface area (Å²) < 4.78 is 14.5. The summed E-state index contributed by atoms with van der Waals surface area (Å²) in [6.45, 7) is 9.62. The van der Waals surface area contributed by atoms with Gasteiger partial charge < -0.3 is 9.47 Å². The molecule has 0 spiro atoms. The second kappa shape index (κ2) is 9.85. The van der Waals surface area contributed by atoms with Crippen LogP contribution in [-0.4, -0.2) is 13.2 Å². The lowest BCUT2D eigenvalue weighted by atomic mass is 10.1. The van der Waals surface area contributed by atoms with Gasteiger partial charge in [-0.15, -0.1) is 17.3 Å². The molecule has 0 aliphatic carbocycles. The Bertz CT molecular complexity index is 1000. The highest BCUT2D eigenvalue weighted by atomic mass is 32.1. The van der Waals surface area contributed by atoms with E-state index in [-0.39, 0.29) is 0 Å². The third kappa shape index (κ3) is 4.45. The molecule has 0 bridgehead atoms. The lowest BCUT2D eigenvalue weighted by Gasteiger charge is -2.09. The van der Waals surface area contributed by atoms with Crippen molar-refractivity contribution >= 4 is 31.5 Å². The SMILES string of the molecule is CC#CCOc1ccc2c(sc3c(C)c(OCCCCCCC)ccc32)c1C. The van der Waals surface area contributed by atoms with E-state index < -0.39 is 0 Å². The van der Waals surface area contributed by atoms with Crippen LogP contribution in [-0.2, 0) is 0 Å². The van der Waals surface area contributed by atoms with Crippen LogP contribution in [0.15, 0.2) is 24.3 Å². The molecule has 2 nitrogen and oxygen atoms in total. The molecular weight excluding hydrogens is 364 g/mol. The third-order valence-corrected chi connectivity index (χ3v) is 6.65. The highest BCUT2D eigenvalue weighted by Crippen LogP contribution is 2.42. The predicted octanol–water partition coefficient (Wildman–Crippen LogP) is 7.42. The lowest BCUT2D eigenvalue weighted by Crippen LogP contribution is -1.98. The number of hydrogen-bond acceptors (Lipinski definition) is 3. The van der Waals surface area contributed by atoms with E-state index >= 15 is 0 Å². The van der Waals surface area contributed by atoms with E-state index in [0.717, 1.165) is 24.5 Å². The number of benzene rings is 2. The first-order valence-electron chi connectivity index (χ1n) is 10.3. The van der Waals surface area contributed by atoms with Crippen molar-refractivity contribution in [2.75, 3.05) is 13.2 Å². The van der Waals surface area contributed by atoms with Gasteiger partial charge in [-0.05, 0) is 51.5 Å². The van der Waals surface area contributed by atoms with E-state index in [9.17, 15) is 0 Å². The standard InChI is InChI=1S/C25H30O2S/c1-5-7-9-10-11-17-27-23-15-13-21-20-12-14-22(26-16-8-6-2)18(3)24(20)28-25(21)19(23)4/h12-15H,5,7,9-11,16-17H2,1-4H3. The van der Waals surface area contributed by atoms with Gasteiger partial charge in [0.05, 0.1) is 6.61 Å². The Hall–Kier alpha value is -2.18. The van der Waals surface area contributed by atoms with Crippen molar-refractivity contribution in [3.8, 4) is 23.3 Å². The van der Waals surface area contributed by atoms with Crippen LogP contribution in [0.4, 0.5) is 0 Å². The van der Waals surface area contributed by atoms with Crippen LogP contribution in [0.1, 0.15) is 57.1 Å². The van der Waals surface area contributed by atoms with E-state index in [0.29, 0.717) is 6.61 Å². The maximum absolute atomic E-state index is 6.11. The van der Waals surface area contributed by atoms with Gasteiger partial charge in [0.1, 0.15) is 18.1 Å². The van der Waals surface area contributed by atoms with E-state index in [1.54, 1.807) is 0 Å². The monoisotopic (exact) mass is 394 g/mol. The zero-order valence-corrected chi connectivity index (χ0v) is 18.3. The minimum Gasteiger partial charge on any atom is -0.493 e. The van der Waals surface area contributed by atoms with Gasteiger partial charge in [0.2, 0.25) is 0 Å². The molecule has 3 rings (SSSR count). The van der Waals surface area contributed by atoms with Gasteiger partial charge in [-0.3, -0.25) is 0 Å². The highest BCUT2D eigenvalue weighted by Gasteiger charge is 2.14. The van der Waals surface area contributed by atoms with Crippen molar-refractivity contribution in [1.29, 1.82) is 0 Å².